The highest BCUT2D eigenvalue weighted by Crippen LogP contribution is 2.27. The molecule has 5 nitrogen and oxygen atoms in total. The van der Waals surface area contributed by atoms with E-state index >= 15 is 0 Å². The molecule has 0 N–H and O–H groups in total. The maximum absolute atomic E-state index is 12.5. The molecular weight excluding hydrogens is 312 g/mol. The second-order valence-corrected chi connectivity index (χ2v) is 7.18. The Balaban J connectivity index is 2.37. The Labute approximate surface area is 129 Å². The highest BCUT2D eigenvalue weighted by atomic mass is 35.5. The van der Waals surface area contributed by atoms with Gasteiger partial charge >= 0.3 is 0 Å². The van der Waals surface area contributed by atoms with Crippen LogP contribution in [0.15, 0.2) is 53.1 Å². The maximum Gasteiger partial charge on any atom is 0.264 e. The lowest BCUT2D eigenvalue weighted by molar-refractivity contribution is -0.124. The summed E-state index contributed by atoms with van der Waals surface area (Å²) >= 11 is 5.76. The van der Waals surface area contributed by atoms with Gasteiger partial charge in [-0.25, -0.2) is 8.42 Å². The van der Waals surface area contributed by atoms with Crippen molar-refractivity contribution in [3.05, 3.63) is 53.2 Å². The number of sulfonamides is 1. The van der Waals surface area contributed by atoms with Gasteiger partial charge in [-0.2, -0.15) is 0 Å². The smallest absolute Gasteiger partial charge is 0.264 e. The molecule has 1 amide bonds. The number of likely N-dealkylation sites (N-methyl/N-ethyl adjacent to an activating group) is 1. The Morgan fingerprint density at radius 2 is 1.86 bits per heavy atom. The minimum absolute atomic E-state index is 0.0693. The lowest BCUT2D eigenvalue weighted by Crippen LogP contribution is -2.24. The first kappa shape index (κ1) is 15.6. The normalized spacial score (nSPS) is 15.1. The van der Waals surface area contributed by atoms with E-state index in [4.69, 9.17) is 11.6 Å². The van der Waals surface area contributed by atoms with Gasteiger partial charge in [0.15, 0.2) is 0 Å². The molecule has 0 saturated carbocycles. The van der Waals surface area contributed by atoms with E-state index in [1.54, 1.807) is 14.1 Å². The summed E-state index contributed by atoms with van der Waals surface area (Å²) in [5.41, 5.74) is 0.781. The predicted octanol–water partition coefficient (Wildman–Crippen LogP) is 1.87. The summed E-state index contributed by atoms with van der Waals surface area (Å²) in [5, 5.41) is 0.457. The quantitative estimate of drug-likeness (QED) is 0.852. The van der Waals surface area contributed by atoms with E-state index in [2.05, 4.69) is 6.58 Å². The first-order valence-corrected chi connectivity index (χ1v) is 7.94. The van der Waals surface area contributed by atoms with Crippen LogP contribution >= 0.6 is 11.6 Å². The van der Waals surface area contributed by atoms with Crippen LogP contribution in [0.25, 0.3) is 0 Å². The van der Waals surface area contributed by atoms with Gasteiger partial charge in [-0.1, -0.05) is 18.2 Å². The van der Waals surface area contributed by atoms with Crippen molar-refractivity contribution >= 4 is 27.5 Å². The minimum atomic E-state index is -3.71. The largest absolute Gasteiger partial charge is 0.345 e. The van der Waals surface area contributed by atoms with Crippen LogP contribution in [0.5, 0.6) is 0 Å². The van der Waals surface area contributed by atoms with E-state index in [-0.39, 0.29) is 17.3 Å². The fraction of sp³-hybridized carbons (Fsp3) is 0.214. The van der Waals surface area contributed by atoms with Gasteiger partial charge in [-0.05, 0) is 29.8 Å². The summed E-state index contributed by atoms with van der Waals surface area (Å²) in [5.74, 6) is -0.270. The SMILES string of the molecule is C=C1CN(S(=O)(=O)c2ccc(Cl)cc2)C=C1C(=O)N(C)C. The molecule has 0 unspecified atom stereocenters. The number of nitrogens with zero attached hydrogens (tertiary/aromatic N) is 2. The van der Waals surface area contributed by atoms with E-state index in [0.717, 1.165) is 4.31 Å². The number of hydrogen-bond donors (Lipinski definition) is 0. The molecule has 0 aliphatic carbocycles. The van der Waals surface area contributed by atoms with Crippen LogP contribution in [-0.2, 0) is 14.8 Å². The lowest BCUT2D eigenvalue weighted by Gasteiger charge is -2.15. The Bertz CT molecular complexity index is 721. The molecule has 0 spiro atoms. The highest BCUT2D eigenvalue weighted by molar-refractivity contribution is 7.89. The van der Waals surface area contributed by atoms with Crippen molar-refractivity contribution in [2.75, 3.05) is 20.6 Å². The van der Waals surface area contributed by atoms with Crippen molar-refractivity contribution < 1.29 is 13.2 Å². The number of amides is 1. The van der Waals surface area contributed by atoms with E-state index in [1.165, 1.54) is 35.4 Å². The molecule has 1 aromatic carbocycles. The lowest BCUT2D eigenvalue weighted by atomic mass is 10.1. The number of benzene rings is 1. The van der Waals surface area contributed by atoms with Crippen molar-refractivity contribution in [3.63, 3.8) is 0 Å². The van der Waals surface area contributed by atoms with Gasteiger partial charge in [0.2, 0.25) is 0 Å². The third-order valence-corrected chi connectivity index (χ3v) is 5.03. The van der Waals surface area contributed by atoms with E-state index in [9.17, 15) is 13.2 Å². The van der Waals surface area contributed by atoms with Crippen LogP contribution < -0.4 is 0 Å². The third-order valence-electron chi connectivity index (χ3n) is 3.06. The van der Waals surface area contributed by atoms with Gasteiger partial charge in [0.25, 0.3) is 15.9 Å². The third kappa shape index (κ3) is 2.96. The molecule has 0 atom stereocenters. The average Bonchev–Trinajstić information content (AvgIpc) is 2.81. The van der Waals surface area contributed by atoms with E-state index < -0.39 is 10.0 Å². The molecule has 1 heterocycles. The zero-order chi connectivity index (χ0) is 15.8. The molecule has 0 radical (unpaired) electrons. The molecule has 112 valence electrons. The monoisotopic (exact) mass is 326 g/mol. The van der Waals surface area contributed by atoms with Crippen LogP contribution in [0.4, 0.5) is 0 Å². The topological polar surface area (TPSA) is 57.7 Å². The predicted molar refractivity (Wildman–Crippen MR) is 81.3 cm³/mol. The second kappa shape index (κ2) is 5.54. The first-order valence-electron chi connectivity index (χ1n) is 6.12. The number of hydrogen-bond acceptors (Lipinski definition) is 3. The van der Waals surface area contributed by atoms with Crippen LogP contribution in [-0.4, -0.2) is 44.2 Å². The Kier molecular flexibility index (Phi) is 4.11. The van der Waals surface area contributed by atoms with Gasteiger partial charge in [0.05, 0.1) is 17.0 Å². The number of carbonyl (C=O) groups excluding carboxylic acids is 1. The van der Waals surface area contributed by atoms with Gasteiger partial charge in [0, 0.05) is 25.3 Å². The number of rotatable bonds is 3. The number of carbonyl (C=O) groups is 1. The van der Waals surface area contributed by atoms with Crippen LogP contribution in [0, 0.1) is 0 Å². The van der Waals surface area contributed by atoms with E-state index in [1.807, 2.05) is 0 Å². The van der Waals surface area contributed by atoms with Crippen LogP contribution in [0.1, 0.15) is 0 Å². The molecule has 0 saturated heterocycles. The summed E-state index contributed by atoms with van der Waals surface area (Å²) in [6, 6.07) is 5.88. The highest BCUT2D eigenvalue weighted by Gasteiger charge is 2.31. The average molecular weight is 327 g/mol. The molecule has 0 aromatic heterocycles. The van der Waals surface area contributed by atoms with Gasteiger partial charge in [-0.3, -0.25) is 9.10 Å². The summed E-state index contributed by atoms with van der Waals surface area (Å²) in [6.45, 7) is 3.84. The molecule has 1 aromatic rings. The Hall–Kier alpha value is -1.79. The molecule has 21 heavy (non-hydrogen) atoms. The standard InChI is InChI=1S/C14H15ClN2O3S/c1-10-8-17(9-13(10)14(18)16(2)3)21(19,20)12-6-4-11(15)5-7-12/h4-7,9H,1,8H2,2-3H3. The minimum Gasteiger partial charge on any atom is -0.345 e. The Morgan fingerprint density at radius 3 is 2.38 bits per heavy atom. The van der Waals surface area contributed by atoms with E-state index in [0.29, 0.717) is 16.2 Å². The van der Waals surface area contributed by atoms with Crippen LogP contribution in [0.2, 0.25) is 5.02 Å². The maximum atomic E-state index is 12.5. The summed E-state index contributed by atoms with van der Waals surface area (Å²) in [4.78, 5) is 13.5. The molecule has 7 heteroatoms. The fourth-order valence-electron chi connectivity index (χ4n) is 1.90. The molecule has 1 aliphatic heterocycles. The summed E-state index contributed by atoms with van der Waals surface area (Å²) in [6.07, 6.45) is 1.33. The molecule has 0 bridgehead atoms. The van der Waals surface area contributed by atoms with Crippen molar-refractivity contribution in [3.8, 4) is 0 Å². The van der Waals surface area contributed by atoms with Gasteiger partial charge < -0.3 is 4.90 Å². The zero-order valence-corrected chi connectivity index (χ0v) is 13.3. The van der Waals surface area contributed by atoms with Crippen molar-refractivity contribution in [2.24, 2.45) is 0 Å². The van der Waals surface area contributed by atoms with Gasteiger partial charge in [0.1, 0.15) is 0 Å². The second-order valence-electron chi connectivity index (χ2n) is 4.85. The van der Waals surface area contributed by atoms with Crippen molar-refractivity contribution in [1.82, 2.24) is 9.21 Å². The molecule has 2 rings (SSSR count). The summed E-state index contributed by atoms with van der Waals surface area (Å²) < 4.78 is 26.1. The van der Waals surface area contributed by atoms with Crippen molar-refractivity contribution in [1.29, 1.82) is 0 Å². The molecule has 0 fully saturated rings. The summed E-state index contributed by atoms with van der Waals surface area (Å²) in [7, 11) is -0.506. The fourth-order valence-corrected chi connectivity index (χ4v) is 3.34. The Morgan fingerprint density at radius 1 is 1.29 bits per heavy atom. The zero-order valence-electron chi connectivity index (χ0n) is 11.7. The molecular formula is C14H15ClN2O3S. The first-order chi connectivity index (χ1) is 9.73. The van der Waals surface area contributed by atoms with Crippen molar-refractivity contribution in [2.45, 2.75) is 4.90 Å². The van der Waals surface area contributed by atoms with Gasteiger partial charge in [-0.15, -0.1) is 0 Å². The molecule has 1 aliphatic rings. The van der Waals surface area contributed by atoms with Crippen LogP contribution in [0.3, 0.4) is 0 Å². The number of halogens is 1.